The smallest absolute Gasteiger partial charge is 0.247 e. The van der Waals surface area contributed by atoms with Gasteiger partial charge in [0.05, 0.1) is 0 Å². The van der Waals surface area contributed by atoms with Crippen LogP contribution in [0.25, 0.3) is 0 Å². The molecule has 136 valence electrons. The molecule has 0 aromatic heterocycles. The Bertz CT molecular complexity index is 610. The fourth-order valence-electron chi connectivity index (χ4n) is 3.59. The highest BCUT2D eigenvalue weighted by molar-refractivity contribution is 6.30. The lowest BCUT2D eigenvalue weighted by atomic mass is 9.94. The van der Waals surface area contributed by atoms with Crippen LogP contribution in [0.5, 0.6) is 0 Å². The number of nitrogens with zero attached hydrogens (tertiary/aromatic N) is 1. The quantitative estimate of drug-likeness (QED) is 0.754. The highest BCUT2D eigenvalue weighted by Gasteiger charge is 2.41. The second kappa shape index (κ2) is 8.41. The number of nitrogens with one attached hydrogen (secondary N) is 1. The summed E-state index contributed by atoms with van der Waals surface area (Å²) in [6, 6.07) is 6.82. The highest BCUT2D eigenvalue weighted by Crippen LogP contribution is 2.35. The average Bonchev–Trinajstić information content (AvgIpc) is 3.45. The maximum atomic E-state index is 13.1. The molecular formula is C19H24Cl2N2O2. The van der Waals surface area contributed by atoms with Crippen molar-refractivity contribution in [3.63, 3.8) is 0 Å². The molecule has 1 N–H and O–H groups in total. The first-order valence-corrected chi connectivity index (χ1v) is 9.94. The van der Waals surface area contributed by atoms with Crippen LogP contribution in [0.1, 0.15) is 56.6 Å². The molecule has 1 atom stereocenters. The van der Waals surface area contributed by atoms with E-state index in [1.54, 1.807) is 17.0 Å². The van der Waals surface area contributed by atoms with E-state index in [1.165, 1.54) is 6.42 Å². The summed E-state index contributed by atoms with van der Waals surface area (Å²) in [6.45, 7) is 0. The predicted molar refractivity (Wildman–Crippen MR) is 99.8 cm³/mol. The molecule has 2 fully saturated rings. The van der Waals surface area contributed by atoms with Crippen LogP contribution in [-0.2, 0) is 9.59 Å². The maximum absolute atomic E-state index is 13.1. The van der Waals surface area contributed by atoms with Gasteiger partial charge >= 0.3 is 0 Å². The van der Waals surface area contributed by atoms with E-state index in [9.17, 15) is 9.59 Å². The van der Waals surface area contributed by atoms with Gasteiger partial charge in [-0.15, -0.1) is 11.6 Å². The predicted octanol–water partition coefficient (Wildman–Crippen LogP) is 4.06. The molecule has 2 amide bonds. The maximum Gasteiger partial charge on any atom is 0.247 e. The van der Waals surface area contributed by atoms with Gasteiger partial charge in [-0.25, -0.2) is 0 Å². The summed E-state index contributed by atoms with van der Waals surface area (Å²) in [4.78, 5) is 27.2. The minimum absolute atomic E-state index is 0.101. The summed E-state index contributed by atoms with van der Waals surface area (Å²) >= 11 is 11.8. The van der Waals surface area contributed by atoms with E-state index in [1.807, 2.05) is 12.1 Å². The molecule has 25 heavy (non-hydrogen) atoms. The number of carbonyl (C=O) groups excluding carboxylic acids is 2. The van der Waals surface area contributed by atoms with Crippen LogP contribution in [0.15, 0.2) is 24.3 Å². The fourth-order valence-corrected chi connectivity index (χ4v) is 3.85. The molecule has 0 saturated heterocycles. The number of halogens is 2. The van der Waals surface area contributed by atoms with Crippen LogP contribution in [0.2, 0.25) is 5.02 Å². The Labute approximate surface area is 158 Å². The van der Waals surface area contributed by atoms with Gasteiger partial charge in [-0.05, 0) is 43.4 Å². The fraction of sp³-hybridized carbons (Fsp3) is 0.579. The average molecular weight is 383 g/mol. The van der Waals surface area contributed by atoms with Gasteiger partial charge in [-0.2, -0.15) is 0 Å². The summed E-state index contributed by atoms with van der Waals surface area (Å²) in [5.74, 6) is -0.417. The standard InChI is InChI=1S/C19H24Cl2N2O2/c20-12-17(24)23(16-10-11-16)18(13-6-8-14(21)9-7-13)19(25)22-15-4-2-1-3-5-15/h6-9,15-16,18H,1-5,10-12H2,(H,22,25). The van der Waals surface area contributed by atoms with E-state index in [0.29, 0.717) is 5.02 Å². The largest absolute Gasteiger partial charge is 0.351 e. The summed E-state index contributed by atoms with van der Waals surface area (Å²) in [6.07, 6.45) is 7.36. The van der Waals surface area contributed by atoms with Crippen molar-refractivity contribution >= 4 is 35.0 Å². The van der Waals surface area contributed by atoms with Crippen LogP contribution in [0, 0.1) is 0 Å². The molecule has 0 radical (unpaired) electrons. The first kappa shape index (κ1) is 18.5. The van der Waals surface area contributed by atoms with Crippen molar-refractivity contribution in [1.29, 1.82) is 0 Å². The zero-order valence-corrected chi connectivity index (χ0v) is 15.7. The number of rotatable bonds is 6. The van der Waals surface area contributed by atoms with E-state index in [-0.39, 0.29) is 29.8 Å². The molecule has 0 heterocycles. The van der Waals surface area contributed by atoms with Crippen molar-refractivity contribution in [1.82, 2.24) is 10.2 Å². The van der Waals surface area contributed by atoms with E-state index >= 15 is 0 Å². The lowest BCUT2D eigenvalue weighted by molar-refractivity contribution is -0.140. The Morgan fingerprint density at radius 3 is 2.28 bits per heavy atom. The molecule has 3 rings (SSSR count). The van der Waals surface area contributed by atoms with Gasteiger partial charge < -0.3 is 10.2 Å². The topological polar surface area (TPSA) is 49.4 Å². The van der Waals surface area contributed by atoms with Crippen molar-refractivity contribution in [3.8, 4) is 0 Å². The number of benzene rings is 1. The number of carbonyl (C=O) groups is 2. The molecule has 1 unspecified atom stereocenters. The van der Waals surface area contributed by atoms with E-state index < -0.39 is 6.04 Å². The second-order valence-electron chi connectivity index (χ2n) is 6.96. The van der Waals surface area contributed by atoms with Gasteiger partial charge in [0.15, 0.2) is 0 Å². The Morgan fingerprint density at radius 1 is 1.08 bits per heavy atom. The zero-order valence-electron chi connectivity index (χ0n) is 14.2. The lowest BCUT2D eigenvalue weighted by Crippen LogP contribution is -2.48. The molecule has 0 bridgehead atoms. The van der Waals surface area contributed by atoms with Crippen molar-refractivity contribution in [3.05, 3.63) is 34.9 Å². The molecule has 1 aromatic carbocycles. The molecule has 4 nitrogen and oxygen atoms in total. The van der Waals surface area contributed by atoms with Crippen molar-refractivity contribution in [2.24, 2.45) is 0 Å². The van der Waals surface area contributed by atoms with E-state index in [0.717, 1.165) is 44.1 Å². The Kier molecular flexibility index (Phi) is 6.24. The number of amides is 2. The van der Waals surface area contributed by atoms with Crippen LogP contribution in [0.3, 0.4) is 0 Å². The molecule has 6 heteroatoms. The van der Waals surface area contributed by atoms with Crippen LogP contribution >= 0.6 is 23.2 Å². The molecular weight excluding hydrogens is 359 g/mol. The third-order valence-corrected chi connectivity index (χ3v) is 5.49. The highest BCUT2D eigenvalue weighted by atomic mass is 35.5. The van der Waals surface area contributed by atoms with Gasteiger partial charge in [0.2, 0.25) is 11.8 Å². The summed E-state index contributed by atoms with van der Waals surface area (Å²) in [5, 5.41) is 3.77. The minimum atomic E-state index is -0.641. The van der Waals surface area contributed by atoms with E-state index in [4.69, 9.17) is 23.2 Å². The molecule has 1 aromatic rings. The van der Waals surface area contributed by atoms with E-state index in [2.05, 4.69) is 5.32 Å². The van der Waals surface area contributed by atoms with Crippen LogP contribution in [-0.4, -0.2) is 34.7 Å². The van der Waals surface area contributed by atoms with Crippen molar-refractivity contribution in [2.75, 3.05) is 5.88 Å². The van der Waals surface area contributed by atoms with Crippen molar-refractivity contribution in [2.45, 2.75) is 63.1 Å². The first-order chi connectivity index (χ1) is 12.1. The first-order valence-electron chi connectivity index (χ1n) is 9.03. The Hall–Kier alpha value is -1.26. The summed E-state index contributed by atoms with van der Waals surface area (Å²) in [5.41, 5.74) is 0.781. The van der Waals surface area contributed by atoms with Gasteiger partial charge in [-0.1, -0.05) is 43.0 Å². The van der Waals surface area contributed by atoms with Crippen LogP contribution in [0.4, 0.5) is 0 Å². The normalized spacial score (nSPS) is 19.3. The lowest BCUT2D eigenvalue weighted by Gasteiger charge is -2.33. The zero-order chi connectivity index (χ0) is 17.8. The van der Waals surface area contributed by atoms with Gasteiger partial charge in [0, 0.05) is 17.1 Å². The monoisotopic (exact) mass is 382 g/mol. The Morgan fingerprint density at radius 2 is 1.72 bits per heavy atom. The SMILES string of the molecule is O=C(NC1CCCCC1)C(c1ccc(Cl)cc1)N(C(=O)CCl)C1CC1. The minimum Gasteiger partial charge on any atom is -0.351 e. The summed E-state index contributed by atoms with van der Waals surface area (Å²) in [7, 11) is 0. The van der Waals surface area contributed by atoms with Crippen LogP contribution < -0.4 is 5.32 Å². The van der Waals surface area contributed by atoms with Gasteiger partial charge in [-0.3, -0.25) is 9.59 Å². The molecule has 0 spiro atoms. The molecule has 2 aliphatic rings. The molecule has 0 aliphatic heterocycles. The van der Waals surface area contributed by atoms with Crippen molar-refractivity contribution < 1.29 is 9.59 Å². The number of hydrogen-bond donors (Lipinski definition) is 1. The molecule has 2 saturated carbocycles. The second-order valence-corrected chi connectivity index (χ2v) is 7.67. The Balaban J connectivity index is 1.85. The number of alkyl halides is 1. The third-order valence-electron chi connectivity index (χ3n) is 5.01. The van der Waals surface area contributed by atoms with Gasteiger partial charge in [0.25, 0.3) is 0 Å². The summed E-state index contributed by atoms with van der Waals surface area (Å²) < 4.78 is 0. The van der Waals surface area contributed by atoms with Gasteiger partial charge in [0.1, 0.15) is 11.9 Å². The third kappa shape index (κ3) is 4.68. The number of hydrogen-bond acceptors (Lipinski definition) is 2. The molecule has 2 aliphatic carbocycles.